The van der Waals surface area contributed by atoms with Crippen LogP contribution >= 0.6 is 15.9 Å². The molecule has 104 valence electrons. The molecule has 1 atom stereocenters. The van der Waals surface area contributed by atoms with E-state index in [4.69, 9.17) is 9.47 Å². The van der Waals surface area contributed by atoms with E-state index in [0.29, 0.717) is 6.61 Å². The molecule has 0 radical (unpaired) electrons. The minimum absolute atomic E-state index is 0.0110. The lowest BCUT2D eigenvalue weighted by molar-refractivity contribution is 0.209. The highest BCUT2D eigenvalue weighted by atomic mass is 79.9. The van der Waals surface area contributed by atoms with E-state index in [9.17, 15) is 0 Å². The van der Waals surface area contributed by atoms with Crippen LogP contribution in [0.2, 0.25) is 0 Å². The van der Waals surface area contributed by atoms with Gasteiger partial charge in [-0.3, -0.25) is 0 Å². The maximum Gasteiger partial charge on any atom is 0.157 e. The van der Waals surface area contributed by atoms with Crippen molar-refractivity contribution in [1.29, 1.82) is 0 Å². The molecule has 0 aromatic heterocycles. The lowest BCUT2D eigenvalue weighted by Crippen LogP contribution is -2.23. The highest BCUT2D eigenvalue weighted by Crippen LogP contribution is 2.39. The number of nitrogens with one attached hydrogen (secondary N) is 1. The Balaban J connectivity index is 1.81. The summed E-state index contributed by atoms with van der Waals surface area (Å²) in [6.45, 7) is 3.43. The Labute approximate surface area is 127 Å². The van der Waals surface area contributed by atoms with E-state index in [1.54, 1.807) is 0 Å². The fourth-order valence-corrected chi connectivity index (χ4v) is 2.75. The van der Waals surface area contributed by atoms with Gasteiger partial charge in [0, 0.05) is 0 Å². The van der Waals surface area contributed by atoms with E-state index in [1.165, 1.54) is 0 Å². The van der Waals surface area contributed by atoms with Gasteiger partial charge in [0.25, 0.3) is 0 Å². The van der Waals surface area contributed by atoms with Gasteiger partial charge in [0.05, 0.1) is 23.3 Å². The zero-order chi connectivity index (χ0) is 13.9. The number of para-hydroxylation sites is 1. The first-order valence-electron chi connectivity index (χ1n) is 6.69. The van der Waals surface area contributed by atoms with E-state index < -0.39 is 0 Å². The van der Waals surface area contributed by atoms with Crippen molar-refractivity contribution in [3.8, 4) is 11.5 Å². The largest absolute Gasteiger partial charge is 0.494 e. The highest BCUT2D eigenvalue weighted by Gasteiger charge is 2.22. The van der Waals surface area contributed by atoms with Gasteiger partial charge in [-0.15, -0.1) is 0 Å². The third kappa shape index (κ3) is 2.61. The summed E-state index contributed by atoms with van der Waals surface area (Å²) in [5, 5.41) is 3.41. The van der Waals surface area contributed by atoms with Gasteiger partial charge >= 0.3 is 0 Å². The molecule has 3 nitrogen and oxygen atoms in total. The molecule has 20 heavy (non-hydrogen) atoms. The highest BCUT2D eigenvalue weighted by molar-refractivity contribution is 9.10. The number of halogens is 1. The molecule has 1 aliphatic heterocycles. The first kappa shape index (κ1) is 13.3. The van der Waals surface area contributed by atoms with Crippen molar-refractivity contribution in [2.45, 2.75) is 13.0 Å². The summed E-state index contributed by atoms with van der Waals surface area (Å²) >= 11 is 3.53. The molecule has 0 spiro atoms. The van der Waals surface area contributed by atoms with Crippen LogP contribution in [-0.4, -0.2) is 13.2 Å². The summed E-state index contributed by atoms with van der Waals surface area (Å²) < 4.78 is 12.5. The molecule has 2 aromatic rings. The summed E-state index contributed by atoms with van der Waals surface area (Å²) in [4.78, 5) is 0. The fourth-order valence-electron chi connectivity index (χ4n) is 2.29. The summed E-state index contributed by atoms with van der Waals surface area (Å²) in [5.41, 5.74) is 2.17. The quantitative estimate of drug-likeness (QED) is 0.903. The molecule has 0 fully saturated rings. The zero-order valence-corrected chi connectivity index (χ0v) is 12.8. The van der Waals surface area contributed by atoms with Crippen molar-refractivity contribution in [3.63, 3.8) is 0 Å². The lowest BCUT2D eigenvalue weighted by Gasteiger charge is -2.28. The number of fused-ring (bicyclic) bond motifs is 1. The van der Waals surface area contributed by atoms with Crippen LogP contribution in [0.5, 0.6) is 11.5 Å². The number of anilines is 1. The van der Waals surface area contributed by atoms with Gasteiger partial charge < -0.3 is 14.8 Å². The monoisotopic (exact) mass is 333 g/mol. The maximum absolute atomic E-state index is 6.10. The molecule has 0 aliphatic carbocycles. The van der Waals surface area contributed by atoms with Crippen LogP contribution in [0, 0.1) is 0 Å². The molecule has 0 saturated heterocycles. The molecule has 0 amide bonds. The van der Waals surface area contributed by atoms with Gasteiger partial charge in [0.1, 0.15) is 11.9 Å². The van der Waals surface area contributed by atoms with Crippen LogP contribution in [0.1, 0.15) is 18.6 Å². The van der Waals surface area contributed by atoms with Gasteiger partial charge in [-0.2, -0.15) is 0 Å². The normalized spacial score (nSPS) is 16.8. The first-order chi connectivity index (χ1) is 9.78. The first-order valence-corrected chi connectivity index (χ1v) is 7.49. The molecule has 1 unspecified atom stereocenters. The predicted molar refractivity (Wildman–Crippen MR) is 83.6 cm³/mol. The molecule has 0 saturated carbocycles. The van der Waals surface area contributed by atoms with E-state index in [0.717, 1.165) is 33.8 Å². The standard InChI is InChI=1S/C16H16BrNO2/c1-2-19-12-8-6-11(7-9-12)15-10-18-14-5-3-4-13(17)16(14)20-15/h3-9,15,18H,2,10H2,1H3. The smallest absolute Gasteiger partial charge is 0.157 e. The molecular weight excluding hydrogens is 318 g/mol. The van der Waals surface area contributed by atoms with Gasteiger partial charge in [-0.05, 0) is 52.7 Å². The van der Waals surface area contributed by atoms with Crippen LogP contribution < -0.4 is 14.8 Å². The van der Waals surface area contributed by atoms with E-state index in [1.807, 2.05) is 37.3 Å². The summed E-state index contributed by atoms with van der Waals surface area (Å²) in [6.07, 6.45) is 0.0110. The van der Waals surface area contributed by atoms with Crippen LogP contribution in [0.3, 0.4) is 0 Å². The number of benzene rings is 2. The van der Waals surface area contributed by atoms with Crippen molar-refractivity contribution < 1.29 is 9.47 Å². The molecule has 0 bridgehead atoms. The Bertz CT molecular complexity index is 598. The zero-order valence-electron chi connectivity index (χ0n) is 11.2. The Morgan fingerprint density at radius 2 is 2.05 bits per heavy atom. The summed E-state index contributed by atoms with van der Waals surface area (Å²) in [7, 11) is 0. The van der Waals surface area contributed by atoms with Crippen molar-refractivity contribution >= 4 is 21.6 Å². The minimum Gasteiger partial charge on any atom is -0.494 e. The van der Waals surface area contributed by atoms with Crippen molar-refractivity contribution in [1.82, 2.24) is 0 Å². The second-order valence-corrected chi connectivity index (χ2v) is 5.46. The second kappa shape index (κ2) is 5.75. The van der Waals surface area contributed by atoms with Crippen molar-refractivity contribution in [2.24, 2.45) is 0 Å². The average molecular weight is 334 g/mol. The van der Waals surface area contributed by atoms with E-state index >= 15 is 0 Å². The Morgan fingerprint density at radius 1 is 1.25 bits per heavy atom. The predicted octanol–water partition coefficient (Wildman–Crippen LogP) is 4.39. The van der Waals surface area contributed by atoms with Crippen molar-refractivity contribution in [3.05, 3.63) is 52.5 Å². The number of hydrogen-bond donors (Lipinski definition) is 1. The summed E-state index contributed by atoms with van der Waals surface area (Å²) in [6, 6.07) is 14.1. The molecule has 1 heterocycles. The van der Waals surface area contributed by atoms with E-state index in [-0.39, 0.29) is 6.10 Å². The van der Waals surface area contributed by atoms with Gasteiger partial charge in [-0.1, -0.05) is 18.2 Å². The number of ether oxygens (including phenoxy) is 2. The Kier molecular flexibility index (Phi) is 3.83. The van der Waals surface area contributed by atoms with Crippen LogP contribution in [0.25, 0.3) is 0 Å². The number of rotatable bonds is 3. The Morgan fingerprint density at radius 3 is 2.80 bits per heavy atom. The van der Waals surface area contributed by atoms with Crippen LogP contribution in [0.4, 0.5) is 5.69 Å². The molecule has 2 aromatic carbocycles. The van der Waals surface area contributed by atoms with Gasteiger partial charge in [0.2, 0.25) is 0 Å². The third-order valence-corrected chi connectivity index (χ3v) is 3.89. The third-order valence-electron chi connectivity index (χ3n) is 3.27. The average Bonchev–Trinajstić information content (AvgIpc) is 2.49. The Hall–Kier alpha value is -1.68. The molecule has 1 N–H and O–H groups in total. The van der Waals surface area contributed by atoms with Gasteiger partial charge in [0.15, 0.2) is 5.75 Å². The molecule has 1 aliphatic rings. The molecule has 3 rings (SSSR count). The minimum atomic E-state index is 0.0110. The van der Waals surface area contributed by atoms with E-state index in [2.05, 4.69) is 33.4 Å². The van der Waals surface area contributed by atoms with Crippen LogP contribution in [-0.2, 0) is 0 Å². The lowest BCUT2D eigenvalue weighted by atomic mass is 10.1. The SMILES string of the molecule is CCOc1ccc(C2CNc3cccc(Br)c3O2)cc1. The fraction of sp³-hybridized carbons (Fsp3) is 0.250. The van der Waals surface area contributed by atoms with Gasteiger partial charge in [-0.25, -0.2) is 0 Å². The summed E-state index contributed by atoms with van der Waals surface area (Å²) in [5.74, 6) is 1.76. The second-order valence-electron chi connectivity index (χ2n) is 4.61. The molecule has 4 heteroatoms. The van der Waals surface area contributed by atoms with Crippen molar-refractivity contribution in [2.75, 3.05) is 18.5 Å². The maximum atomic E-state index is 6.10. The van der Waals surface area contributed by atoms with Crippen LogP contribution in [0.15, 0.2) is 46.9 Å². The molecular formula is C16H16BrNO2. The topological polar surface area (TPSA) is 30.5 Å². The number of hydrogen-bond acceptors (Lipinski definition) is 3.